The molecule has 1 aliphatic carbocycles. The van der Waals surface area contributed by atoms with Gasteiger partial charge >= 0.3 is 0 Å². The van der Waals surface area contributed by atoms with Gasteiger partial charge in [-0.05, 0) is 30.9 Å². The third-order valence-electron chi connectivity index (χ3n) is 4.29. The number of benzene rings is 1. The Labute approximate surface area is 113 Å². The second-order valence-electron chi connectivity index (χ2n) is 5.38. The van der Waals surface area contributed by atoms with Crippen molar-refractivity contribution in [2.75, 3.05) is 20.3 Å². The lowest BCUT2D eigenvalue weighted by atomic mass is 10.1. The molecular weight excluding hydrogens is 245 g/mol. The molecule has 1 aromatic carbocycles. The molecule has 0 amide bonds. The highest BCUT2D eigenvalue weighted by molar-refractivity contribution is 5.36. The molecule has 1 saturated carbocycles. The number of methoxy groups -OCH3 is 1. The second kappa shape index (κ2) is 5.47. The monoisotopic (exact) mass is 265 g/mol. The smallest absolute Gasteiger partial charge is 0.132 e. The summed E-state index contributed by atoms with van der Waals surface area (Å²) >= 11 is 0. The Morgan fingerprint density at radius 3 is 3.11 bits per heavy atom. The number of ether oxygens (including phenoxy) is 2. The van der Waals surface area contributed by atoms with Gasteiger partial charge in [0, 0.05) is 12.6 Å². The number of hydrogen-bond donors (Lipinski definition) is 1. The van der Waals surface area contributed by atoms with Crippen molar-refractivity contribution < 1.29 is 13.9 Å². The van der Waals surface area contributed by atoms with Crippen LogP contribution in [0, 0.1) is 11.7 Å². The Bertz CT molecular complexity index is 438. The van der Waals surface area contributed by atoms with Crippen LogP contribution in [0.1, 0.15) is 30.9 Å². The Kier molecular flexibility index (Phi) is 3.71. The average molecular weight is 265 g/mol. The summed E-state index contributed by atoms with van der Waals surface area (Å²) in [5.41, 5.74) is 0.539. The summed E-state index contributed by atoms with van der Waals surface area (Å²) in [6, 6.07) is 5.44. The molecule has 0 radical (unpaired) electrons. The van der Waals surface area contributed by atoms with E-state index >= 15 is 0 Å². The first-order valence-electron chi connectivity index (χ1n) is 6.97. The summed E-state index contributed by atoms with van der Waals surface area (Å²) in [7, 11) is 1.57. The Balaban J connectivity index is 1.83. The minimum Gasteiger partial charge on any atom is -0.496 e. The largest absolute Gasteiger partial charge is 0.496 e. The Morgan fingerprint density at radius 1 is 1.37 bits per heavy atom. The van der Waals surface area contributed by atoms with Crippen LogP contribution < -0.4 is 10.1 Å². The number of nitrogens with one attached hydrogen (secondary N) is 1. The van der Waals surface area contributed by atoms with Crippen LogP contribution in [0.5, 0.6) is 5.75 Å². The van der Waals surface area contributed by atoms with E-state index in [4.69, 9.17) is 9.47 Å². The number of hydrogen-bond acceptors (Lipinski definition) is 3. The van der Waals surface area contributed by atoms with Gasteiger partial charge in [-0.15, -0.1) is 0 Å². The summed E-state index contributed by atoms with van der Waals surface area (Å²) in [5.74, 6) is 0.889. The molecule has 3 nitrogen and oxygen atoms in total. The average Bonchev–Trinajstić information content (AvgIpc) is 2.78. The van der Waals surface area contributed by atoms with Crippen LogP contribution in [-0.2, 0) is 4.74 Å². The van der Waals surface area contributed by atoms with E-state index in [1.165, 1.54) is 25.3 Å². The van der Waals surface area contributed by atoms with Crippen LogP contribution in [-0.4, -0.2) is 26.3 Å². The first-order chi connectivity index (χ1) is 9.29. The molecule has 19 heavy (non-hydrogen) atoms. The molecule has 0 bridgehead atoms. The molecule has 2 fully saturated rings. The summed E-state index contributed by atoms with van der Waals surface area (Å²) in [4.78, 5) is 0. The fraction of sp³-hybridized carbons (Fsp3) is 0.600. The highest BCUT2D eigenvalue weighted by atomic mass is 19.1. The van der Waals surface area contributed by atoms with Gasteiger partial charge in [0.2, 0.25) is 0 Å². The van der Waals surface area contributed by atoms with Crippen molar-refractivity contribution in [2.24, 2.45) is 5.92 Å². The lowest BCUT2D eigenvalue weighted by molar-refractivity contribution is 0.0436. The highest BCUT2D eigenvalue weighted by Gasteiger charge is 2.33. The Hall–Kier alpha value is -1.13. The van der Waals surface area contributed by atoms with E-state index in [9.17, 15) is 4.39 Å². The molecule has 1 N–H and O–H groups in total. The van der Waals surface area contributed by atoms with Gasteiger partial charge in [0.1, 0.15) is 17.7 Å². The first kappa shape index (κ1) is 12.9. The fourth-order valence-electron chi connectivity index (χ4n) is 3.26. The molecule has 1 aliphatic heterocycles. The first-order valence-corrected chi connectivity index (χ1v) is 6.97. The van der Waals surface area contributed by atoms with E-state index in [-0.39, 0.29) is 11.9 Å². The summed E-state index contributed by atoms with van der Waals surface area (Å²) in [6.45, 7) is 1.36. The van der Waals surface area contributed by atoms with Gasteiger partial charge in [-0.25, -0.2) is 4.39 Å². The van der Waals surface area contributed by atoms with Crippen molar-refractivity contribution in [3.05, 3.63) is 29.6 Å². The number of halogens is 1. The zero-order valence-electron chi connectivity index (χ0n) is 11.2. The standard InChI is InChI=1S/C15H20FNO2/c1-18-13-7-3-5-11(16)15(13)14-8-17-12-6-2-4-10(12)9-19-14/h3,5,7,10,12,14,17H,2,4,6,8-9H2,1H3. The van der Waals surface area contributed by atoms with E-state index in [0.717, 1.165) is 0 Å². The molecule has 0 spiro atoms. The minimum atomic E-state index is -0.262. The lowest BCUT2D eigenvalue weighted by Crippen LogP contribution is -2.33. The van der Waals surface area contributed by atoms with Crippen molar-refractivity contribution in [3.63, 3.8) is 0 Å². The third kappa shape index (κ3) is 2.47. The van der Waals surface area contributed by atoms with E-state index in [1.54, 1.807) is 19.2 Å². The predicted octanol–water partition coefficient (Wildman–Crippen LogP) is 2.66. The highest BCUT2D eigenvalue weighted by Crippen LogP contribution is 2.35. The van der Waals surface area contributed by atoms with Gasteiger partial charge in [-0.2, -0.15) is 0 Å². The van der Waals surface area contributed by atoms with Gasteiger partial charge in [0.05, 0.1) is 19.3 Å². The summed E-state index contributed by atoms with van der Waals surface area (Å²) in [6.07, 6.45) is 3.41. The van der Waals surface area contributed by atoms with E-state index in [2.05, 4.69) is 5.32 Å². The molecule has 4 heteroatoms. The lowest BCUT2D eigenvalue weighted by Gasteiger charge is -2.19. The zero-order chi connectivity index (χ0) is 13.2. The summed E-state index contributed by atoms with van der Waals surface area (Å²) in [5, 5.41) is 3.52. The van der Waals surface area contributed by atoms with Crippen molar-refractivity contribution in [3.8, 4) is 5.75 Å². The SMILES string of the molecule is COc1cccc(F)c1C1CNC2CCCC2CO1. The van der Waals surface area contributed by atoms with Crippen LogP contribution in [0.4, 0.5) is 4.39 Å². The fourth-order valence-corrected chi connectivity index (χ4v) is 3.26. The molecule has 3 atom stereocenters. The van der Waals surface area contributed by atoms with Crippen LogP contribution >= 0.6 is 0 Å². The van der Waals surface area contributed by atoms with Crippen molar-refractivity contribution >= 4 is 0 Å². The van der Waals surface area contributed by atoms with Gasteiger partial charge in [-0.3, -0.25) is 0 Å². The van der Waals surface area contributed by atoms with Gasteiger partial charge < -0.3 is 14.8 Å². The van der Waals surface area contributed by atoms with Crippen LogP contribution in [0.25, 0.3) is 0 Å². The molecule has 2 aliphatic rings. The maximum atomic E-state index is 14.1. The summed E-state index contributed by atoms with van der Waals surface area (Å²) < 4.78 is 25.3. The molecule has 1 saturated heterocycles. The Morgan fingerprint density at radius 2 is 2.26 bits per heavy atom. The van der Waals surface area contributed by atoms with Crippen molar-refractivity contribution in [1.29, 1.82) is 0 Å². The van der Waals surface area contributed by atoms with Crippen molar-refractivity contribution in [1.82, 2.24) is 5.32 Å². The minimum absolute atomic E-state index is 0.252. The molecule has 0 aromatic heterocycles. The van der Waals surface area contributed by atoms with Gasteiger partial charge in [0.15, 0.2) is 0 Å². The van der Waals surface area contributed by atoms with E-state index in [1.807, 2.05) is 0 Å². The van der Waals surface area contributed by atoms with E-state index < -0.39 is 0 Å². The van der Waals surface area contributed by atoms with Crippen molar-refractivity contribution in [2.45, 2.75) is 31.4 Å². The van der Waals surface area contributed by atoms with Crippen LogP contribution in [0.2, 0.25) is 0 Å². The topological polar surface area (TPSA) is 30.5 Å². The van der Waals surface area contributed by atoms with Crippen LogP contribution in [0.3, 0.4) is 0 Å². The maximum absolute atomic E-state index is 14.1. The van der Waals surface area contributed by atoms with Gasteiger partial charge in [-0.1, -0.05) is 12.5 Å². The zero-order valence-corrected chi connectivity index (χ0v) is 11.2. The quantitative estimate of drug-likeness (QED) is 0.891. The molecule has 1 aromatic rings. The normalized spacial score (nSPS) is 30.7. The molecule has 3 unspecified atom stereocenters. The van der Waals surface area contributed by atoms with Crippen LogP contribution in [0.15, 0.2) is 18.2 Å². The van der Waals surface area contributed by atoms with E-state index in [0.29, 0.717) is 36.4 Å². The van der Waals surface area contributed by atoms with Gasteiger partial charge in [0.25, 0.3) is 0 Å². The molecule has 104 valence electrons. The predicted molar refractivity (Wildman–Crippen MR) is 70.8 cm³/mol. The number of rotatable bonds is 2. The molecule has 3 rings (SSSR count). The molecular formula is C15H20FNO2. The maximum Gasteiger partial charge on any atom is 0.132 e. The second-order valence-corrected chi connectivity index (χ2v) is 5.38. The number of fused-ring (bicyclic) bond motifs is 1. The third-order valence-corrected chi connectivity index (χ3v) is 4.29. The molecule has 1 heterocycles.